The lowest BCUT2D eigenvalue weighted by Crippen LogP contribution is -2.11. The van der Waals surface area contributed by atoms with E-state index in [4.69, 9.17) is 11.6 Å². The number of Topliss-reactive ketones (excluding diaryl/α,β-unsaturated/α-hetero) is 1. The van der Waals surface area contributed by atoms with E-state index in [9.17, 15) is 4.79 Å². The molecule has 2 aromatic rings. The second-order valence-corrected chi connectivity index (χ2v) is 4.14. The molecular weight excluding hydrogens is 236 g/mol. The highest BCUT2D eigenvalue weighted by Gasteiger charge is 2.13. The van der Waals surface area contributed by atoms with Gasteiger partial charge in [0, 0.05) is 30.4 Å². The maximum absolute atomic E-state index is 12.1. The summed E-state index contributed by atoms with van der Waals surface area (Å²) in [5.41, 5.74) is 0.838. The number of benzene rings is 1. The molecule has 0 N–H and O–H groups in total. The van der Waals surface area contributed by atoms with E-state index in [0.29, 0.717) is 10.8 Å². The Morgan fingerprint density at radius 2 is 2.18 bits per heavy atom. The second-order valence-electron chi connectivity index (χ2n) is 3.73. The van der Waals surface area contributed by atoms with E-state index in [1.165, 1.54) is 0 Å². The summed E-state index contributed by atoms with van der Waals surface area (Å²) >= 11 is 6.02. The number of ketones is 1. The minimum Gasteiger partial charge on any atom is -0.329 e. The molecule has 0 amide bonds. The lowest BCUT2D eigenvalue weighted by atomic mass is 10.1. The van der Waals surface area contributed by atoms with Crippen molar-refractivity contribution in [2.75, 3.05) is 0 Å². The largest absolute Gasteiger partial charge is 0.329 e. The van der Waals surface area contributed by atoms with Crippen molar-refractivity contribution in [3.8, 4) is 0 Å². The second kappa shape index (κ2) is 5.15. The standard InChI is InChI=1S/C13H13ClN2O/c1-2-16-8-7-15-13(16)12(17)9-10-5-3-4-6-11(10)14/h3-8H,2,9H2,1H3. The van der Waals surface area contributed by atoms with Gasteiger partial charge in [0.25, 0.3) is 0 Å². The van der Waals surface area contributed by atoms with Gasteiger partial charge in [-0.3, -0.25) is 4.79 Å². The molecule has 3 nitrogen and oxygen atoms in total. The van der Waals surface area contributed by atoms with Crippen molar-refractivity contribution < 1.29 is 4.79 Å². The van der Waals surface area contributed by atoms with Crippen LogP contribution < -0.4 is 0 Å². The SMILES string of the molecule is CCn1ccnc1C(=O)Cc1ccccc1Cl. The summed E-state index contributed by atoms with van der Waals surface area (Å²) in [6, 6.07) is 7.38. The normalized spacial score (nSPS) is 10.5. The Morgan fingerprint density at radius 1 is 1.41 bits per heavy atom. The van der Waals surface area contributed by atoms with Gasteiger partial charge >= 0.3 is 0 Å². The first-order chi connectivity index (χ1) is 8.22. The fraction of sp³-hybridized carbons (Fsp3) is 0.231. The summed E-state index contributed by atoms with van der Waals surface area (Å²) in [6.07, 6.45) is 3.74. The Kier molecular flexibility index (Phi) is 3.59. The molecule has 0 unspecified atom stereocenters. The van der Waals surface area contributed by atoms with Crippen LogP contribution >= 0.6 is 11.6 Å². The van der Waals surface area contributed by atoms with E-state index in [2.05, 4.69) is 4.98 Å². The Hall–Kier alpha value is -1.61. The van der Waals surface area contributed by atoms with Gasteiger partial charge in [-0.25, -0.2) is 4.98 Å². The van der Waals surface area contributed by atoms with Crippen molar-refractivity contribution in [3.63, 3.8) is 0 Å². The van der Waals surface area contributed by atoms with Crippen molar-refractivity contribution >= 4 is 17.4 Å². The van der Waals surface area contributed by atoms with E-state index < -0.39 is 0 Å². The zero-order chi connectivity index (χ0) is 12.3. The van der Waals surface area contributed by atoms with Crippen LogP contribution in [0.2, 0.25) is 5.02 Å². The lowest BCUT2D eigenvalue weighted by Gasteiger charge is -2.05. The molecule has 0 radical (unpaired) electrons. The molecule has 1 aromatic carbocycles. The van der Waals surface area contributed by atoms with Crippen molar-refractivity contribution in [3.05, 3.63) is 53.1 Å². The molecule has 1 aromatic heterocycles. The average Bonchev–Trinajstić information content (AvgIpc) is 2.80. The summed E-state index contributed by atoms with van der Waals surface area (Å²) in [7, 11) is 0. The smallest absolute Gasteiger partial charge is 0.202 e. The monoisotopic (exact) mass is 248 g/mol. The molecule has 0 saturated heterocycles. The first kappa shape index (κ1) is 11.9. The molecule has 0 aliphatic carbocycles. The third-order valence-electron chi connectivity index (χ3n) is 2.61. The highest BCUT2D eigenvalue weighted by atomic mass is 35.5. The summed E-state index contributed by atoms with van der Waals surface area (Å²) in [6.45, 7) is 2.72. The number of aromatic nitrogens is 2. The van der Waals surface area contributed by atoms with Crippen molar-refractivity contribution in [2.24, 2.45) is 0 Å². The minimum absolute atomic E-state index is 0.00931. The van der Waals surface area contributed by atoms with Gasteiger partial charge in [0.15, 0.2) is 5.82 Å². The number of rotatable bonds is 4. The molecule has 88 valence electrons. The Labute approximate surface area is 105 Å². The Bertz CT molecular complexity index is 534. The van der Waals surface area contributed by atoms with E-state index in [0.717, 1.165) is 12.1 Å². The molecule has 0 bridgehead atoms. The van der Waals surface area contributed by atoms with Crippen LogP contribution in [0, 0.1) is 0 Å². The highest BCUT2D eigenvalue weighted by Crippen LogP contribution is 2.17. The minimum atomic E-state index is -0.00931. The molecule has 17 heavy (non-hydrogen) atoms. The first-order valence-electron chi connectivity index (χ1n) is 5.50. The van der Waals surface area contributed by atoms with E-state index in [1.807, 2.05) is 29.7 Å². The van der Waals surface area contributed by atoms with Crippen molar-refractivity contribution in [1.82, 2.24) is 9.55 Å². The molecule has 1 heterocycles. The summed E-state index contributed by atoms with van der Waals surface area (Å²) < 4.78 is 1.83. The van der Waals surface area contributed by atoms with E-state index >= 15 is 0 Å². The van der Waals surface area contributed by atoms with Gasteiger partial charge in [-0.15, -0.1) is 0 Å². The van der Waals surface area contributed by atoms with Gasteiger partial charge in [-0.1, -0.05) is 29.8 Å². The summed E-state index contributed by atoms with van der Waals surface area (Å²) in [4.78, 5) is 16.1. The first-order valence-corrected chi connectivity index (χ1v) is 5.88. The number of carbonyl (C=O) groups is 1. The third kappa shape index (κ3) is 2.56. The number of carbonyl (C=O) groups excluding carboxylic acids is 1. The van der Waals surface area contributed by atoms with Crippen LogP contribution in [0.3, 0.4) is 0 Å². The molecule has 0 aliphatic rings. The van der Waals surface area contributed by atoms with Crippen LogP contribution in [0.15, 0.2) is 36.7 Å². The quantitative estimate of drug-likeness (QED) is 0.780. The topological polar surface area (TPSA) is 34.9 Å². The molecular formula is C13H13ClN2O. The van der Waals surface area contributed by atoms with Crippen molar-refractivity contribution in [1.29, 1.82) is 0 Å². The van der Waals surface area contributed by atoms with Gasteiger partial charge in [0.2, 0.25) is 5.78 Å². The predicted molar refractivity (Wildman–Crippen MR) is 67.4 cm³/mol. The zero-order valence-electron chi connectivity index (χ0n) is 9.56. The van der Waals surface area contributed by atoms with E-state index in [1.54, 1.807) is 18.5 Å². The number of halogens is 1. The summed E-state index contributed by atoms with van der Waals surface area (Å²) in [5.74, 6) is 0.484. The van der Waals surface area contributed by atoms with Gasteiger partial charge in [0.1, 0.15) is 0 Å². The molecule has 0 saturated carbocycles. The molecule has 0 aliphatic heterocycles. The fourth-order valence-electron chi connectivity index (χ4n) is 1.71. The fourth-order valence-corrected chi connectivity index (χ4v) is 1.91. The number of aryl methyl sites for hydroxylation is 1. The molecule has 0 spiro atoms. The van der Waals surface area contributed by atoms with Gasteiger partial charge in [-0.05, 0) is 18.6 Å². The van der Waals surface area contributed by atoms with Crippen LogP contribution in [0.4, 0.5) is 0 Å². The number of hydrogen-bond donors (Lipinski definition) is 0. The summed E-state index contributed by atoms with van der Waals surface area (Å²) in [5, 5.41) is 0.621. The Balaban J connectivity index is 2.20. The van der Waals surface area contributed by atoms with Crippen LogP contribution in [0.1, 0.15) is 23.1 Å². The van der Waals surface area contributed by atoms with E-state index in [-0.39, 0.29) is 12.2 Å². The van der Waals surface area contributed by atoms with Crippen LogP contribution in [-0.2, 0) is 13.0 Å². The molecule has 0 atom stereocenters. The molecule has 0 fully saturated rings. The maximum Gasteiger partial charge on any atom is 0.202 e. The van der Waals surface area contributed by atoms with Crippen LogP contribution in [-0.4, -0.2) is 15.3 Å². The van der Waals surface area contributed by atoms with Gasteiger partial charge < -0.3 is 4.57 Å². The van der Waals surface area contributed by atoms with Gasteiger partial charge in [-0.2, -0.15) is 0 Å². The molecule has 4 heteroatoms. The van der Waals surface area contributed by atoms with Crippen LogP contribution in [0.5, 0.6) is 0 Å². The maximum atomic E-state index is 12.1. The van der Waals surface area contributed by atoms with Crippen molar-refractivity contribution in [2.45, 2.75) is 19.9 Å². The number of nitrogens with zero attached hydrogens (tertiary/aromatic N) is 2. The number of hydrogen-bond acceptors (Lipinski definition) is 2. The third-order valence-corrected chi connectivity index (χ3v) is 2.98. The zero-order valence-corrected chi connectivity index (χ0v) is 10.3. The average molecular weight is 249 g/mol. The number of imidazole rings is 1. The van der Waals surface area contributed by atoms with Crippen LogP contribution in [0.25, 0.3) is 0 Å². The van der Waals surface area contributed by atoms with Gasteiger partial charge in [0.05, 0.1) is 0 Å². The lowest BCUT2D eigenvalue weighted by molar-refractivity contribution is 0.0979. The highest BCUT2D eigenvalue weighted by molar-refractivity contribution is 6.31. The Morgan fingerprint density at radius 3 is 2.88 bits per heavy atom. The molecule has 2 rings (SSSR count). The predicted octanol–water partition coefficient (Wildman–Crippen LogP) is 2.98.